The summed E-state index contributed by atoms with van der Waals surface area (Å²) >= 11 is 0. The number of ether oxygens (including phenoxy) is 1. The van der Waals surface area contributed by atoms with Crippen molar-refractivity contribution in [2.24, 2.45) is 13.0 Å². The Morgan fingerprint density at radius 1 is 1.26 bits per heavy atom. The lowest BCUT2D eigenvalue weighted by atomic mass is 9.86. The Labute approximate surface area is 137 Å². The molecule has 2 heterocycles. The normalized spacial score (nSPS) is 25.3. The molecule has 1 saturated heterocycles. The SMILES string of the molecule is C[C@@H]1CC[C@H](C(=O)OC(C)(C)C)[C@H](C)N1C(=O)c1ccn(C)n1. The van der Waals surface area contributed by atoms with Crippen LogP contribution in [-0.4, -0.2) is 44.2 Å². The van der Waals surface area contributed by atoms with Gasteiger partial charge in [-0.1, -0.05) is 0 Å². The van der Waals surface area contributed by atoms with E-state index in [1.54, 1.807) is 28.9 Å². The first-order valence-electron chi connectivity index (χ1n) is 8.15. The van der Waals surface area contributed by atoms with Gasteiger partial charge in [-0.2, -0.15) is 5.10 Å². The minimum atomic E-state index is -0.518. The highest BCUT2D eigenvalue weighted by Gasteiger charge is 2.41. The van der Waals surface area contributed by atoms with Crippen LogP contribution < -0.4 is 0 Å². The maximum atomic E-state index is 12.8. The van der Waals surface area contributed by atoms with Crippen molar-refractivity contribution in [1.29, 1.82) is 0 Å². The van der Waals surface area contributed by atoms with Crippen LogP contribution in [0.3, 0.4) is 0 Å². The summed E-state index contributed by atoms with van der Waals surface area (Å²) in [6, 6.07) is 1.58. The molecule has 1 aromatic rings. The maximum Gasteiger partial charge on any atom is 0.311 e. The third-order valence-electron chi connectivity index (χ3n) is 4.27. The first kappa shape index (κ1) is 17.5. The van der Waals surface area contributed by atoms with Gasteiger partial charge in [-0.3, -0.25) is 14.3 Å². The van der Waals surface area contributed by atoms with Crippen LogP contribution in [0.15, 0.2) is 12.3 Å². The number of piperidine rings is 1. The molecule has 1 aromatic heterocycles. The maximum absolute atomic E-state index is 12.8. The first-order chi connectivity index (χ1) is 10.6. The molecule has 1 aliphatic rings. The minimum Gasteiger partial charge on any atom is -0.460 e. The van der Waals surface area contributed by atoms with Crippen LogP contribution in [-0.2, 0) is 16.6 Å². The summed E-state index contributed by atoms with van der Waals surface area (Å²) in [5.74, 6) is -0.646. The molecule has 6 nitrogen and oxygen atoms in total. The number of carbonyl (C=O) groups is 2. The number of rotatable bonds is 2. The Morgan fingerprint density at radius 2 is 1.91 bits per heavy atom. The van der Waals surface area contributed by atoms with E-state index in [1.165, 1.54) is 0 Å². The second-order valence-electron chi connectivity index (χ2n) is 7.39. The number of esters is 1. The Hall–Kier alpha value is -1.85. The summed E-state index contributed by atoms with van der Waals surface area (Å²) in [6.07, 6.45) is 3.27. The zero-order valence-electron chi connectivity index (χ0n) is 14.9. The molecule has 0 bridgehead atoms. The molecule has 1 amide bonds. The lowest BCUT2D eigenvalue weighted by Crippen LogP contribution is -2.54. The van der Waals surface area contributed by atoms with Crippen LogP contribution in [0.25, 0.3) is 0 Å². The fraction of sp³-hybridized carbons (Fsp3) is 0.706. The summed E-state index contributed by atoms with van der Waals surface area (Å²) in [6.45, 7) is 9.52. The average Bonchev–Trinajstić information content (AvgIpc) is 2.83. The molecule has 6 heteroatoms. The molecule has 0 spiro atoms. The number of hydrogen-bond acceptors (Lipinski definition) is 4. The van der Waals surface area contributed by atoms with Crippen molar-refractivity contribution < 1.29 is 14.3 Å². The van der Waals surface area contributed by atoms with Crippen LogP contribution in [0.1, 0.15) is 57.9 Å². The number of carbonyl (C=O) groups excluding carboxylic acids is 2. The number of nitrogens with zero attached hydrogens (tertiary/aromatic N) is 3. The van der Waals surface area contributed by atoms with Crippen LogP contribution in [0.2, 0.25) is 0 Å². The summed E-state index contributed by atoms with van der Waals surface area (Å²) in [5, 5.41) is 4.19. The van der Waals surface area contributed by atoms with E-state index in [-0.39, 0.29) is 29.9 Å². The monoisotopic (exact) mass is 321 g/mol. The highest BCUT2D eigenvalue weighted by atomic mass is 16.6. The smallest absolute Gasteiger partial charge is 0.311 e. The molecule has 0 radical (unpaired) electrons. The Morgan fingerprint density at radius 3 is 2.43 bits per heavy atom. The topological polar surface area (TPSA) is 64.4 Å². The minimum absolute atomic E-state index is 0.0817. The van der Waals surface area contributed by atoms with E-state index in [9.17, 15) is 9.59 Å². The molecule has 128 valence electrons. The standard InChI is InChI=1S/C17H27N3O3/c1-11-7-8-13(16(22)23-17(3,4)5)12(2)20(11)15(21)14-9-10-19(6)18-14/h9-13H,7-8H2,1-6H3/t11-,12+,13+/m1/s1. The molecule has 1 fully saturated rings. The number of likely N-dealkylation sites (tertiary alicyclic amines) is 1. The van der Waals surface area contributed by atoms with Gasteiger partial charge in [0.15, 0.2) is 0 Å². The van der Waals surface area contributed by atoms with Gasteiger partial charge in [-0.05, 0) is 53.5 Å². The van der Waals surface area contributed by atoms with Crippen molar-refractivity contribution in [2.45, 2.75) is 65.1 Å². The summed E-state index contributed by atoms with van der Waals surface area (Å²) in [7, 11) is 1.78. The number of aromatic nitrogens is 2. The molecule has 23 heavy (non-hydrogen) atoms. The Kier molecular flexibility index (Phi) is 4.82. The lowest BCUT2D eigenvalue weighted by Gasteiger charge is -2.43. The Bertz CT molecular complexity index is 588. The van der Waals surface area contributed by atoms with Gasteiger partial charge in [-0.15, -0.1) is 0 Å². The molecular weight excluding hydrogens is 294 g/mol. The Balaban J connectivity index is 2.19. The van der Waals surface area contributed by atoms with Gasteiger partial charge in [0.05, 0.1) is 5.92 Å². The van der Waals surface area contributed by atoms with Crippen molar-refractivity contribution in [3.05, 3.63) is 18.0 Å². The zero-order valence-corrected chi connectivity index (χ0v) is 14.9. The highest BCUT2D eigenvalue weighted by Crippen LogP contribution is 2.31. The van der Waals surface area contributed by atoms with Crippen molar-refractivity contribution in [1.82, 2.24) is 14.7 Å². The average molecular weight is 321 g/mol. The van der Waals surface area contributed by atoms with E-state index in [2.05, 4.69) is 5.10 Å². The van der Waals surface area contributed by atoms with Crippen LogP contribution in [0, 0.1) is 5.92 Å². The quantitative estimate of drug-likeness (QED) is 0.785. The van der Waals surface area contributed by atoms with E-state index in [1.807, 2.05) is 34.6 Å². The van der Waals surface area contributed by atoms with Crippen LogP contribution in [0.4, 0.5) is 0 Å². The van der Waals surface area contributed by atoms with E-state index in [0.29, 0.717) is 5.69 Å². The first-order valence-corrected chi connectivity index (χ1v) is 8.15. The van der Waals surface area contributed by atoms with Gasteiger partial charge in [0.2, 0.25) is 0 Å². The predicted molar refractivity (Wildman–Crippen MR) is 86.9 cm³/mol. The van der Waals surface area contributed by atoms with E-state index in [4.69, 9.17) is 4.74 Å². The number of aryl methyl sites for hydroxylation is 1. The van der Waals surface area contributed by atoms with Gasteiger partial charge in [0.1, 0.15) is 11.3 Å². The van der Waals surface area contributed by atoms with Crippen molar-refractivity contribution in [3.8, 4) is 0 Å². The number of amides is 1. The molecule has 0 aliphatic carbocycles. The van der Waals surface area contributed by atoms with E-state index in [0.717, 1.165) is 12.8 Å². The molecular formula is C17H27N3O3. The fourth-order valence-electron chi connectivity index (χ4n) is 3.14. The largest absolute Gasteiger partial charge is 0.460 e. The summed E-state index contributed by atoms with van der Waals surface area (Å²) < 4.78 is 7.13. The van der Waals surface area contributed by atoms with Gasteiger partial charge < -0.3 is 9.64 Å². The van der Waals surface area contributed by atoms with E-state index >= 15 is 0 Å². The van der Waals surface area contributed by atoms with Crippen molar-refractivity contribution in [3.63, 3.8) is 0 Å². The molecule has 0 aromatic carbocycles. The lowest BCUT2D eigenvalue weighted by molar-refractivity contribution is -0.164. The van der Waals surface area contributed by atoms with E-state index < -0.39 is 5.60 Å². The molecule has 2 rings (SSSR count). The molecule has 1 aliphatic heterocycles. The summed E-state index contributed by atoms with van der Waals surface area (Å²) in [4.78, 5) is 27.0. The summed E-state index contributed by atoms with van der Waals surface area (Å²) in [5.41, 5.74) is -0.105. The molecule has 3 atom stereocenters. The number of hydrogen-bond donors (Lipinski definition) is 0. The molecule has 0 saturated carbocycles. The van der Waals surface area contributed by atoms with Gasteiger partial charge >= 0.3 is 5.97 Å². The third kappa shape index (κ3) is 3.92. The van der Waals surface area contributed by atoms with Crippen molar-refractivity contribution >= 4 is 11.9 Å². The second-order valence-corrected chi connectivity index (χ2v) is 7.39. The molecule has 0 unspecified atom stereocenters. The van der Waals surface area contributed by atoms with Crippen molar-refractivity contribution in [2.75, 3.05) is 0 Å². The second kappa shape index (κ2) is 6.34. The van der Waals surface area contributed by atoms with Crippen LogP contribution >= 0.6 is 0 Å². The van der Waals surface area contributed by atoms with Gasteiger partial charge in [0, 0.05) is 25.3 Å². The van der Waals surface area contributed by atoms with Gasteiger partial charge in [-0.25, -0.2) is 0 Å². The fourth-order valence-corrected chi connectivity index (χ4v) is 3.14. The third-order valence-corrected chi connectivity index (χ3v) is 4.27. The predicted octanol–water partition coefficient (Wildman–Crippen LogP) is 2.39. The van der Waals surface area contributed by atoms with Crippen LogP contribution in [0.5, 0.6) is 0 Å². The zero-order chi connectivity index (χ0) is 17.4. The molecule has 0 N–H and O–H groups in total. The highest BCUT2D eigenvalue weighted by molar-refractivity contribution is 5.93. The van der Waals surface area contributed by atoms with Gasteiger partial charge in [0.25, 0.3) is 5.91 Å².